The third-order valence-electron chi connectivity index (χ3n) is 3.12. The Labute approximate surface area is 137 Å². The van der Waals surface area contributed by atoms with E-state index >= 15 is 0 Å². The molecular weight excluding hydrogens is 330 g/mol. The maximum atomic E-state index is 12.2. The van der Waals surface area contributed by atoms with Crippen LogP contribution in [-0.2, 0) is 15.3 Å². The molecule has 1 aliphatic rings. The van der Waals surface area contributed by atoms with Gasteiger partial charge in [0.05, 0.1) is 5.75 Å². The Morgan fingerprint density at radius 1 is 1.48 bits per heavy atom. The van der Waals surface area contributed by atoms with Gasteiger partial charge in [-0.1, -0.05) is 23.7 Å². The van der Waals surface area contributed by atoms with Crippen molar-refractivity contribution in [2.24, 2.45) is 0 Å². The second-order valence-corrected chi connectivity index (χ2v) is 7.21. The lowest BCUT2D eigenvalue weighted by Gasteiger charge is -2.32. The maximum absolute atomic E-state index is 12.2. The van der Waals surface area contributed by atoms with Gasteiger partial charge in [-0.3, -0.25) is 4.79 Å². The number of hydrogen-bond acceptors (Lipinski definition) is 4. The van der Waals surface area contributed by atoms with Crippen LogP contribution in [0.4, 0.5) is 0 Å². The minimum absolute atomic E-state index is 0.102. The SMILES string of the molecule is O=C(O)C1CSCCN1C(=O)CSCc1cccc(Cl)c1. The largest absolute Gasteiger partial charge is 0.480 e. The predicted octanol–water partition coefficient (Wildman–Crippen LogP) is 2.60. The van der Waals surface area contributed by atoms with Crippen molar-refractivity contribution in [2.45, 2.75) is 11.8 Å². The zero-order valence-corrected chi connectivity index (χ0v) is 13.7. The number of nitrogens with zero attached hydrogens (tertiary/aromatic N) is 1. The van der Waals surface area contributed by atoms with Gasteiger partial charge in [-0.25, -0.2) is 4.79 Å². The molecule has 1 aromatic carbocycles. The molecule has 1 fully saturated rings. The minimum atomic E-state index is -0.921. The number of carboxylic acid groups (broad SMARTS) is 1. The number of carbonyl (C=O) groups is 2. The van der Waals surface area contributed by atoms with E-state index in [-0.39, 0.29) is 5.91 Å². The highest BCUT2D eigenvalue weighted by atomic mass is 35.5. The fourth-order valence-electron chi connectivity index (χ4n) is 2.07. The van der Waals surface area contributed by atoms with E-state index in [9.17, 15) is 9.59 Å². The van der Waals surface area contributed by atoms with Crippen LogP contribution < -0.4 is 0 Å². The lowest BCUT2D eigenvalue weighted by atomic mass is 10.2. The Hall–Kier alpha value is -0.850. The Morgan fingerprint density at radius 2 is 2.29 bits per heavy atom. The van der Waals surface area contributed by atoms with Gasteiger partial charge in [0.1, 0.15) is 6.04 Å². The molecule has 0 spiro atoms. The molecule has 1 aliphatic heterocycles. The van der Waals surface area contributed by atoms with Crippen LogP contribution in [0.15, 0.2) is 24.3 Å². The molecule has 0 aliphatic carbocycles. The van der Waals surface area contributed by atoms with Gasteiger partial charge in [0.2, 0.25) is 5.91 Å². The van der Waals surface area contributed by atoms with E-state index in [0.717, 1.165) is 11.3 Å². The molecule has 4 nitrogen and oxygen atoms in total. The zero-order chi connectivity index (χ0) is 15.2. The molecule has 1 atom stereocenters. The standard InChI is InChI=1S/C14H16ClNO3S2/c15-11-3-1-2-10(6-11)7-21-9-13(17)16-4-5-20-8-12(16)14(18)19/h1-3,6,12H,4-5,7-9H2,(H,18,19). The molecule has 1 heterocycles. The summed E-state index contributed by atoms with van der Waals surface area (Å²) in [5, 5.41) is 9.84. The quantitative estimate of drug-likeness (QED) is 0.889. The van der Waals surface area contributed by atoms with Gasteiger partial charge >= 0.3 is 5.97 Å². The molecule has 21 heavy (non-hydrogen) atoms. The van der Waals surface area contributed by atoms with E-state index < -0.39 is 12.0 Å². The van der Waals surface area contributed by atoms with E-state index in [1.54, 1.807) is 11.8 Å². The highest BCUT2D eigenvalue weighted by molar-refractivity contribution is 7.99. The van der Waals surface area contributed by atoms with Crippen molar-refractivity contribution in [1.82, 2.24) is 4.90 Å². The molecule has 1 unspecified atom stereocenters. The number of halogens is 1. The Bertz CT molecular complexity index is 527. The monoisotopic (exact) mass is 345 g/mol. The van der Waals surface area contributed by atoms with Crippen LogP contribution in [-0.4, -0.2) is 51.7 Å². The first kappa shape index (κ1) is 16.5. The highest BCUT2D eigenvalue weighted by Crippen LogP contribution is 2.20. The highest BCUT2D eigenvalue weighted by Gasteiger charge is 2.31. The summed E-state index contributed by atoms with van der Waals surface area (Å²) in [7, 11) is 0. The minimum Gasteiger partial charge on any atom is -0.480 e. The number of benzene rings is 1. The first-order valence-electron chi connectivity index (χ1n) is 6.50. The van der Waals surface area contributed by atoms with Crippen molar-refractivity contribution in [1.29, 1.82) is 0 Å². The van der Waals surface area contributed by atoms with Crippen LogP contribution >= 0.6 is 35.1 Å². The number of hydrogen-bond donors (Lipinski definition) is 1. The molecule has 0 bridgehead atoms. The predicted molar refractivity (Wildman–Crippen MR) is 88.1 cm³/mol. The summed E-state index contributed by atoms with van der Waals surface area (Å²) in [6, 6.07) is 6.83. The van der Waals surface area contributed by atoms with E-state index in [1.165, 1.54) is 16.7 Å². The molecule has 1 amide bonds. The maximum Gasteiger partial charge on any atom is 0.327 e. The Kier molecular flexibility index (Phi) is 6.26. The number of amides is 1. The molecule has 0 radical (unpaired) electrons. The molecule has 2 rings (SSSR count). The molecule has 1 aromatic rings. The van der Waals surface area contributed by atoms with Crippen molar-refractivity contribution in [3.8, 4) is 0 Å². The van der Waals surface area contributed by atoms with Gasteiger partial charge in [0.15, 0.2) is 0 Å². The van der Waals surface area contributed by atoms with Crippen molar-refractivity contribution in [2.75, 3.05) is 23.8 Å². The number of carbonyl (C=O) groups excluding carboxylic acids is 1. The number of rotatable bonds is 5. The topological polar surface area (TPSA) is 57.6 Å². The summed E-state index contributed by atoms with van der Waals surface area (Å²) in [6.45, 7) is 0.512. The van der Waals surface area contributed by atoms with Gasteiger partial charge in [0.25, 0.3) is 0 Å². The molecule has 0 saturated carbocycles. The summed E-state index contributed by atoms with van der Waals surface area (Å²) in [5.74, 6) is 1.23. The first-order chi connectivity index (χ1) is 10.1. The summed E-state index contributed by atoms with van der Waals surface area (Å²) < 4.78 is 0. The van der Waals surface area contributed by atoms with E-state index in [4.69, 9.17) is 16.7 Å². The van der Waals surface area contributed by atoms with Crippen LogP contribution in [0.3, 0.4) is 0 Å². The Morgan fingerprint density at radius 3 is 3.00 bits per heavy atom. The second kappa shape index (κ2) is 7.96. The van der Waals surface area contributed by atoms with Gasteiger partial charge in [-0.2, -0.15) is 11.8 Å². The normalized spacial score (nSPS) is 18.5. The van der Waals surface area contributed by atoms with Crippen molar-refractivity contribution >= 4 is 47.0 Å². The third-order valence-corrected chi connectivity index (χ3v) is 5.36. The number of thioether (sulfide) groups is 2. The van der Waals surface area contributed by atoms with Crippen molar-refractivity contribution in [3.05, 3.63) is 34.9 Å². The molecule has 1 saturated heterocycles. The summed E-state index contributed by atoms with van der Waals surface area (Å²) in [6.07, 6.45) is 0. The van der Waals surface area contributed by atoms with E-state index in [0.29, 0.717) is 28.8 Å². The number of carboxylic acids is 1. The van der Waals surface area contributed by atoms with Crippen LogP contribution in [0.2, 0.25) is 5.02 Å². The van der Waals surface area contributed by atoms with Gasteiger partial charge in [-0.15, -0.1) is 11.8 Å². The van der Waals surface area contributed by atoms with Crippen LogP contribution in [0.5, 0.6) is 0 Å². The lowest BCUT2D eigenvalue weighted by Crippen LogP contribution is -2.50. The van der Waals surface area contributed by atoms with E-state index in [1.807, 2.05) is 24.3 Å². The fraction of sp³-hybridized carbons (Fsp3) is 0.429. The average molecular weight is 346 g/mol. The van der Waals surface area contributed by atoms with Crippen molar-refractivity contribution < 1.29 is 14.7 Å². The van der Waals surface area contributed by atoms with Crippen LogP contribution in [0.25, 0.3) is 0 Å². The van der Waals surface area contributed by atoms with Gasteiger partial charge in [0, 0.05) is 28.8 Å². The van der Waals surface area contributed by atoms with Crippen molar-refractivity contribution in [3.63, 3.8) is 0 Å². The van der Waals surface area contributed by atoms with Gasteiger partial charge < -0.3 is 10.0 Å². The smallest absolute Gasteiger partial charge is 0.327 e. The zero-order valence-electron chi connectivity index (χ0n) is 11.3. The molecule has 0 aromatic heterocycles. The first-order valence-corrected chi connectivity index (χ1v) is 9.19. The number of aliphatic carboxylic acids is 1. The third kappa shape index (κ3) is 4.83. The second-order valence-electron chi connectivity index (χ2n) is 4.64. The molecular formula is C14H16ClNO3S2. The summed E-state index contributed by atoms with van der Waals surface area (Å²) >= 11 is 8.97. The van der Waals surface area contributed by atoms with Crippen LogP contribution in [0, 0.1) is 0 Å². The Balaban J connectivity index is 1.84. The molecule has 114 valence electrons. The lowest BCUT2D eigenvalue weighted by molar-refractivity contribution is -0.148. The molecule has 7 heteroatoms. The summed E-state index contributed by atoms with van der Waals surface area (Å²) in [5.41, 5.74) is 1.06. The fourth-order valence-corrected chi connectivity index (χ4v) is 4.18. The average Bonchev–Trinajstić information content (AvgIpc) is 2.47. The van der Waals surface area contributed by atoms with Gasteiger partial charge in [-0.05, 0) is 17.7 Å². The van der Waals surface area contributed by atoms with E-state index in [2.05, 4.69) is 0 Å². The van der Waals surface area contributed by atoms with Crippen LogP contribution in [0.1, 0.15) is 5.56 Å². The molecule has 1 N–H and O–H groups in total. The summed E-state index contributed by atoms with van der Waals surface area (Å²) in [4.78, 5) is 24.8.